The molecule has 2 amide bonds. The SMILES string of the molecule is CO[C@@H]1OC(COP(=O)(O)OC[C@]2(CCP(=O)(OC)OC[C@H]3O[C@@H](n4ccc(NC(C)=O)nc4=O)C(OC(C)=O)C3OC(C)=O)C[C@@H](OC(C)=O)[C@@H](NC(C)=O)C([C@H](OC(C)=O)[C@@H](COC(C)=O)OC(C)=O)O2)[C@H](OC(C)=O)C(OC(C)=O)C1OC(C)=O. The average molecular weight is 1300 g/mol. The van der Waals surface area contributed by atoms with Crippen LogP contribution in [0.3, 0.4) is 0 Å². The Morgan fingerprint density at radius 1 is 0.670 bits per heavy atom. The van der Waals surface area contributed by atoms with Crippen LogP contribution in [-0.2, 0) is 142 Å². The van der Waals surface area contributed by atoms with Crippen molar-refractivity contribution in [3.63, 3.8) is 0 Å². The third-order valence-corrected chi connectivity index (χ3v) is 15.4. The van der Waals surface area contributed by atoms with Gasteiger partial charge >= 0.3 is 74.8 Å². The highest BCUT2D eigenvalue weighted by Crippen LogP contribution is 2.53. The van der Waals surface area contributed by atoms with E-state index in [1.807, 2.05) is 0 Å². The summed E-state index contributed by atoms with van der Waals surface area (Å²) in [5, 5.41) is 4.87. The summed E-state index contributed by atoms with van der Waals surface area (Å²) in [6.07, 6.45) is -23.6. The largest absolute Gasteiger partial charge is 0.472 e. The van der Waals surface area contributed by atoms with Crippen LogP contribution in [0.1, 0.15) is 95.2 Å². The topological polar surface area (TPSA) is 458 Å². The number of hydrogen-bond acceptors (Lipinski definition) is 32. The molecule has 4 rings (SSSR count). The molecule has 17 atom stereocenters. The standard InChI is InChI=1S/C50H72N4O32P2/c1-23(55)51-38-14-16-54(49(66)53-38)47-45(82-32(10)64)42(80-30(8)62)36(84-47)20-73-87(67,71-13)17-15-50(22-75-88(68,69)74-21-37-41(79-29(7)61)44(81-31(9)63)46(83-33(11)65)48(70-12)85-37)18-34(76-26(4)58)39(52-24(2)56)43(86-50)40(78-28(6)60)35(77-27(5)59)19-72-25(3)57/h14,16,34-37,39-48H,15,17-22H2,1-13H3,(H,52,56)(H,68,69)(H,51,53,55,66)/t34-,35-,36-,37?,39-,40-,41+,42?,43?,44?,45?,46?,47-,48-,50+,87?/m1/s1. The second-order valence-corrected chi connectivity index (χ2v) is 23.6. The number of ether oxygens (including phenoxy) is 13. The number of aromatic nitrogens is 2. The molecule has 0 radical (unpaired) electrons. The van der Waals surface area contributed by atoms with E-state index in [-0.39, 0.29) is 5.82 Å². The van der Waals surface area contributed by atoms with Crippen LogP contribution in [0.4, 0.5) is 5.82 Å². The van der Waals surface area contributed by atoms with E-state index in [0.717, 1.165) is 101 Å². The number of anilines is 1. The molecule has 88 heavy (non-hydrogen) atoms. The second kappa shape index (κ2) is 32.6. The fourth-order valence-electron chi connectivity index (χ4n) is 9.50. The highest BCUT2D eigenvalue weighted by Gasteiger charge is 2.58. The zero-order chi connectivity index (χ0) is 66.2. The van der Waals surface area contributed by atoms with E-state index in [1.54, 1.807) is 0 Å². The van der Waals surface area contributed by atoms with Crippen molar-refractivity contribution in [1.29, 1.82) is 0 Å². The van der Waals surface area contributed by atoms with Gasteiger partial charge in [0.2, 0.25) is 11.8 Å². The van der Waals surface area contributed by atoms with Crippen molar-refractivity contribution in [2.45, 2.75) is 180 Å². The fourth-order valence-corrected chi connectivity index (χ4v) is 11.8. The van der Waals surface area contributed by atoms with Crippen molar-refractivity contribution in [2.24, 2.45) is 0 Å². The Labute approximate surface area is 502 Å². The van der Waals surface area contributed by atoms with Crippen LogP contribution in [-0.4, -0.2) is 212 Å². The lowest BCUT2D eigenvalue weighted by Crippen LogP contribution is -2.68. The lowest BCUT2D eigenvalue weighted by Gasteiger charge is -2.50. The van der Waals surface area contributed by atoms with Gasteiger partial charge in [0.1, 0.15) is 36.8 Å². The highest BCUT2D eigenvalue weighted by molar-refractivity contribution is 7.53. The highest BCUT2D eigenvalue weighted by atomic mass is 31.2. The molecule has 4 heterocycles. The summed E-state index contributed by atoms with van der Waals surface area (Å²) in [7, 11) is -8.34. The number of carbonyl (C=O) groups is 11. The number of nitrogens with one attached hydrogen (secondary N) is 2. The quantitative estimate of drug-likeness (QED) is 0.0535. The normalized spacial score (nSPS) is 27.8. The van der Waals surface area contributed by atoms with Gasteiger partial charge in [-0.2, -0.15) is 4.98 Å². The van der Waals surface area contributed by atoms with Gasteiger partial charge in [0, 0.05) is 103 Å². The van der Waals surface area contributed by atoms with Crippen molar-refractivity contribution in [3.05, 3.63) is 22.7 Å². The lowest BCUT2D eigenvalue weighted by atomic mass is 9.82. The molecule has 3 aliphatic rings. The fraction of sp³-hybridized carbons (Fsp3) is 0.700. The summed E-state index contributed by atoms with van der Waals surface area (Å²) >= 11 is 0. The number of esters is 9. The molecule has 38 heteroatoms. The summed E-state index contributed by atoms with van der Waals surface area (Å²) in [6.45, 7) is 6.80. The molecule has 0 bridgehead atoms. The molecule has 36 nitrogen and oxygen atoms in total. The van der Waals surface area contributed by atoms with E-state index in [9.17, 15) is 67.0 Å². The minimum atomic E-state index is -5.63. The monoisotopic (exact) mass is 1300 g/mol. The molecule has 0 aliphatic carbocycles. The Balaban J connectivity index is 1.87. The van der Waals surface area contributed by atoms with Gasteiger partial charge in [0.05, 0.1) is 37.6 Å². The summed E-state index contributed by atoms with van der Waals surface area (Å²) in [6, 6.07) is -0.447. The van der Waals surface area contributed by atoms with Crippen LogP contribution in [0.15, 0.2) is 17.1 Å². The van der Waals surface area contributed by atoms with E-state index in [0.29, 0.717) is 0 Å². The van der Waals surface area contributed by atoms with Crippen molar-refractivity contribution in [3.8, 4) is 0 Å². The Morgan fingerprint density at radius 2 is 1.20 bits per heavy atom. The predicted octanol–water partition coefficient (Wildman–Crippen LogP) is -0.101. The first-order chi connectivity index (χ1) is 41.0. The molecule has 1 aromatic heterocycles. The first-order valence-corrected chi connectivity index (χ1v) is 29.8. The van der Waals surface area contributed by atoms with E-state index < -0.39 is 223 Å². The van der Waals surface area contributed by atoms with E-state index in [2.05, 4.69) is 15.6 Å². The van der Waals surface area contributed by atoms with Crippen molar-refractivity contribution in [1.82, 2.24) is 14.9 Å². The van der Waals surface area contributed by atoms with Crippen LogP contribution < -0.4 is 16.3 Å². The molecular formula is C50H72N4O32P2. The minimum absolute atomic E-state index is 0.173. The maximum atomic E-state index is 15.0. The average Bonchev–Trinajstić information content (AvgIpc) is 1.15. The van der Waals surface area contributed by atoms with Gasteiger partial charge in [-0.05, 0) is 12.5 Å². The second-order valence-electron chi connectivity index (χ2n) is 19.9. The van der Waals surface area contributed by atoms with Gasteiger partial charge < -0.3 is 86.2 Å². The maximum Gasteiger partial charge on any atom is 0.472 e. The molecule has 0 aromatic carbocycles. The van der Waals surface area contributed by atoms with Crippen LogP contribution in [0.5, 0.6) is 0 Å². The molecule has 0 saturated carbocycles. The lowest BCUT2D eigenvalue weighted by molar-refractivity contribution is -0.301. The Morgan fingerprint density at radius 3 is 1.72 bits per heavy atom. The molecule has 0 spiro atoms. The zero-order valence-electron chi connectivity index (χ0n) is 50.1. The number of carbonyl (C=O) groups excluding carboxylic acids is 11. The molecule has 3 saturated heterocycles. The predicted molar refractivity (Wildman–Crippen MR) is 285 cm³/mol. The first-order valence-electron chi connectivity index (χ1n) is 26.6. The van der Waals surface area contributed by atoms with Gasteiger partial charge in [-0.1, -0.05) is 0 Å². The van der Waals surface area contributed by atoms with Gasteiger partial charge in [0.15, 0.2) is 55.2 Å². The van der Waals surface area contributed by atoms with Crippen LogP contribution in [0.2, 0.25) is 0 Å². The van der Waals surface area contributed by atoms with Gasteiger partial charge in [-0.3, -0.25) is 70.9 Å². The number of phosphoric ester groups is 1. The van der Waals surface area contributed by atoms with Crippen molar-refractivity contribution < 1.29 is 146 Å². The van der Waals surface area contributed by atoms with Crippen molar-refractivity contribution in [2.75, 3.05) is 52.1 Å². The van der Waals surface area contributed by atoms with Crippen LogP contribution in [0.25, 0.3) is 0 Å². The number of amides is 2. The smallest absolute Gasteiger partial charge is 0.462 e. The molecule has 1 aromatic rings. The number of hydrogen-bond donors (Lipinski definition) is 3. The number of rotatable bonds is 29. The summed E-state index contributed by atoms with van der Waals surface area (Å²) in [5.41, 5.74) is -3.44. The maximum absolute atomic E-state index is 15.0. The number of nitrogens with zero attached hydrogens (tertiary/aromatic N) is 2. The Hall–Kier alpha value is -6.85. The van der Waals surface area contributed by atoms with E-state index >= 15 is 4.57 Å². The van der Waals surface area contributed by atoms with Crippen LogP contribution >= 0.6 is 15.4 Å². The molecule has 3 aliphatic heterocycles. The molecular weight excluding hydrogens is 1230 g/mol. The third kappa shape index (κ3) is 22.0. The Kier molecular flexibility index (Phi) is 27.3. The number of methoxy groups -OCH3 is 1. The van der Waals surface area contributed by atoms with Crippen LogP contribution in [0, 0.1) is 0 Å². The molecule has 8 unspecified atom stereocenters. The van der Waals surface area contributed by atoms with Gasteiger partial charge in [0.25, 0.3) is 0 Å². The third-order valence-electron chi connectivity index (χ3n) is 12.6. The Bertz CT molecular complexity index is 2890. The minimum Gasteiger partial charge on any atom is -0.462 e. The molecule has 494 valence electrons. The summed E-state index contributed by atoms with van der Waals surface area (Å²) in [4.78, 5) is 166. The number of phosphoric acid groups is 1. The molecule has 3 fully saturated rings. The summed E-state index contributed by atoms with van der Waals surface area (Å²) in [5.74, 6) is -10.5. The zero-order valence-corrected chi connectivity index (χ0v) is 51.9. The van der Waals surface area contributed by atoms with E-state index in [4.69, 9.17) is 79.7 Å². The molecule has 3 N–H and O–H groups in total. The summed E-state index contributed by atoms with van der Waals surface area (Å²) < 4.78 is 125. The van der Waals surface area contributed by atoms with Gasteiger partial charge in [-0.25, -0.2) is 9.36 Å². The van der Waals surface area contributed by atoms with E-state index in [1.165, 1.54) is 6.07 Å². The van der Waals surface area contributed by atoms with Crippen molar-refractivity contribution >= 4 is 86.8 Å². The first kappa shape index (κ1) is 73.6. The van der Waals surface area contributed by atoms with Gasteiger partial charge in [-0.15, -0.1) is 0 Å².